The van der Waals surface area contributed by atoms with Gasteiger partial charge in [-0.25, -0.2) is 16.8 Å². The first-order valence-corrected chi connectivity index (χ1v) is 4.00. The molecular weight excluding hydrogens is 235 g/mol. The molecule has 7 nitrogen and oxygen atoms in total. The summed E-state index contributed by atoms with van der Waals surface area (Å²) in [7, 11) is -10.9. The van der Waals surface area contributed by atoms with E-state index >= 15 is 0 Å². The van der Waals surface area contributed by atoms with Gasteiger partial charge in [-0.3, -0.25) is 0 Å². The minimum absolute atomic E-state index is 0. The zero-order valence-electron chi connectivity index (χ0n) is 3.99. The van der Waals surface area contributed by atoms with Crippen molar-refractivity contribution in [3.8, 4) is 0 Å². The Labute approximate surface area is 67.2 Å². The molecule has 0 fully saturated rings. The molecule has 0 spiro atoms. The van der Waals surface area contributed by atoms with Crippen molar-refractivity contribution in [2.45, 2.75) is 0 Å². The normalized spacial score (nSPS) is 12.2. The second kappa shape index (κ2) is 3.60. The Morgan fingerprint density at radius 2 is 1.10 bits per heavy atom. The van der Waals surface area contributed by atoms with Crippen LogP contribution in [0, 0.1) is 0 Å². The van der Waals surface area contributed by atoms with Gasteiger partial charge in [-0.15, -0.1) is 0 Å². The molecule has 0 unspecified atom stereocenters. The third-order valence-corrected chi connectivity index (χ3v) is 1.50. The molecule has 0 atom stereocenters. The van der Waals surface area contributed by atoms with Gasteiger partial charge in [-0.05, 0) is 0 Å². The summed E-state index contributed by atoms with van der Waals surface area (Å²) in [5, 5.41) is 0. The van der Waals surface area contributed by atoms with Crippen LogP contribution in [-0.2, 0) is 40.9 Å². The zero-order valence-corrected chi connectivity index (χ0v) is 6.61. The van der Waals surface area contributed by atoms with Crippen molar-refractivity contribution >= 4 is 20.8 Å². The summed E-state index contributed by atoms with van der Waals surface area (Å²) in [5.41, 5.74) is 0. The van der Waals surface area contributed by atoms with Crippen molar-refractivity contribution in [2.75, 3.05) is 0 Å². The van der Waals surface area contributed by atoms with E-state index in [1.54, 1.807) is 0 Å². The summed E-state index contributed by atoms with van der Waals surface area (Å²) >= 11 is 0. The first kappa shape index (κ1) is 12.9. The van der Waals surface area contributed by atoms with Crippen molar-refractivity contribution in [1.29, 1.82) is 0 Å². The Morgan fingerprint density at radius 1 is 0.900 bits per heavy atom. The maximum absolute atomic E-state index is 9.29. The second-order valence-corrected chi connectivity index (χ2v) is 3.06. The van der Waals surface area contributed by atoms with E-state index in [-0.39, 0.29) is 16.5 Å². The fourth-order valence-corrected chi connectivity index (χ4v) is 0.919. The molecule has 0 aromatic heterocycles. The Hall–Kier alpha value is 0.274. The summed E-state index contributed by atoms with van der Waals surface area (Å²) < 4.78 is 58.2. The van der Waals surface area contributed by atoms with Crippen LogP contribution in [0.1, 0.15) is 0 Å². The van der Waals surface area contributed by atoms with E-state index in [9.17, 15) is 25.9 Å². The molecule has 10 heavy (non-hydrogen) atoms. The summed E-state index contributed by atoms with van der Waals surface area (Å²) in [4.78, 5) is 0. The molecule has 0 radical (unpaired) electrons. The Balaban J connectivity index is 0. The maximum Gasteiger partial charge on any atom is 2.00 e. The summed E-state index contributed by atoms with van der Waals surface area (Å²) in [6.07, 6.45) is 0. The van der Waals surface area contributed by atoms with Crippen LogP contribution in [0.2, 0.25) is 0 Å². The topological polar surface area (TPSA) is 124 Å². The summed E-state index contributed by atoms with van der Waals surface area (Å²) in [5.74, 6) is 0. The number of hydrogen-bond donors (Lipinski definition) is 0. The predicted octanol–water partition coefficient (Wildman–Crippen LogP) is -2.08. The van der Waals surface area contributed by atoms with Gasteiger partial charge in [-0.2, -0.15) is 3.63 Å². The fraction of sp³-hybridized carbons (Fsp3) is 0. The van der Waals surface area contributed by atoms with E-state index in [1.807, 2.05) is 0 Å². The largest absolute Gasteiger partial charge is 2.00 e. The van der Waals surface area contributed by atoms with E-state index in [0.29, 0.717) is 0 Å². The molecule has 0 aromatic carbocycles. The number of hydrogen-bond acceptors (Lipinski definition) is 7. The minimum atomic E-state index is -5.43. The van der Waals surface area contributed by atoms with Crippen molar-refractivity contribution in [3.05, 3.63) is 0 Å². The second-order valence-electron chi connectivity index (χ2n) is 0.885. The smallest absolute Gasteiger partial charge is 0.725 e. The van der Waals surface area contributed by atoms with Gasteiger partial charge in [0.2, 0.25) is 20.8 Å². The van der Waals surface area contributed by atoms with Gasteiger partial charge in [-0.1, -0.05) is 0 Å². The maximum atomic E-state index is 9.29. The Kier molecular flexibility index (Phi) is 4.65. The quantitative estimate of drug-likeness (QED) is 0.305. The molecule has 0 aliphatic carbocycles. The number of rotatable bonds is 2. The van der Waals surface area contributed by atoms with Gasteiger partial charge in [0.15, 0.2) is 0 Å². The standard InChI is InChI=1S/Ni.H2O7S2/c;1-8(2,3)7-9(4,5)6/h;(H,1,2,3)(H,4,5,6)/q+2;/p-2. The SMILES string of the molecule is O=S(=O)([O-])OS(=O)(=O)[O-].[Ni+2]. The van der Waals surface area contributed by atoms with Crippen molar-refractivity contribution in [2.24, 2.45) is 0 Å². The minimum Gasteiger partial charge on any atom is -0.725 e. The molecule has 0 heterocycles. The van der Waals surface area contributed by atoms with Gasteiger partial charge in [0.1, 0.15) is 0 Å². The molecule has 0 rings (SSSR count). The average molecular weight is 235 g/mol. The van der Waals surface area contributed by atoms with Crippen LogP contribution in [0.3, 0.4) is 0 Å². The molecule has 0 N–H and O–H groups in total. The van der Waals surface area contributed by atoms with Gasteiger partial charge >= 0.3 is 16.5 Å². The molecule has 0 aliphatic heterocycles. The van der Waals surface area contributed by atoms with Crippen LogP contribution >= 0.6 is 0 Å². The van der Waals surface area contributed by atoms with Gasteiger partial charge in [0, 0.05) is 0 Å². The van der Waals surface area contributed by atoms with Gasteiger partial charge in [0.05, 0.1) is 0 Å². The third kappa shape index (κ3) is 11.1. The van der Waals surface area contributed by atoms with E-state index in [4.69, 9.17) is 0 Å². The fourth-order valence-electron chi connectivity index (χ4n) is 0.102. The van der Waals surface area contributed by atoms with Crippen molar-refractivity contribution in [3.63, 3.8) is 0 Å². The van der Waals surface area contributed by atoms with Crippen LogP contribution in [-0.4, -0.2) is 25.9 Å². The summed E-state index contributed by atoms with van der Waals surface area (Å²) in [6, 6.07) is 0. The molecular formula is NiO7S2. The van der Waals surface area contributed by atoms with Crippen molar-refractivity contribution < 1.29 is 46.1 Å². The predicted molar refractivity (Wildman–Crippen MR) is 20.5 cm³/mol. The van der Waals surface area contributed by atoms with Gasteiger partial charge in [0.25, 0.3) is 0 Å². The first-order valence-electron chi connectivity index (χ1n) is 1.33. The van der Waals surface area contributed by atoms with E-state index < -0.39 is 20.8 Å². The Morgan fingerprint density at radius 3 is 1.10 bits per heavy atom. The van der Waals surface area contributed by atoms with E-state index in [0.717, 1.165) is 0 Å². The van der Waals surface area contributed by atoms with Crippen LogP contribution in [0.4, 0.5) is 0 Å². The van der Waals surface area contributed by atoms with E-state index in [2.05, 4.69) is 3.63 Å². The van der Waals surface area contributed by atoms with Crippen LogP contribution in [0.25, 0.3) is 0 Å². The Bertz CT molecular complexity index is 237. The van der Waals surface area contributed by atoms with E-state index in [1.165, 1.54) is 0 Å². The molecule has 64 valence electrons. The van der Waals surface area contributed by atoms with Gasteiger partial charge < -0.3 is 9.11 Å². The molecule has 0 aliphatic rings. The molecule has 0 bridgehead atoms. The first-order chi connectivity index (χ1) is 3.71. The molecule has 0 saturated heterocycles. The van der Waals surface area contributed by atoms with Crippen molar-refractivity contribution in [1.82, 2.24) is 0 Å². The van der Waals surface area contributed by atoms with Crippen LogP contribution < -0.4 is 0 Å². The van der Waals surface area contributed by atoms with Crippen LogP contribution in [0.15, 0.2) is 0 Å². The molecule has 0 aromatic rings. The average Bonchev–Trinajstić information content (AvgIpc) is 1.14. The zero-order chi connectivity index (χ0) is 7.71. The molecule has 10 heteroatoms. The van der Waals surface area contributed by atoms with Crippen LogP contribution in [0.5, 0.6) is 0 Å². The third-order valence-electron chi connectivity index (χ3n) is 0.167. The molecule has 0 amide bonds. The monoisotopic (exact) mass is 234 g/mol. The molecule has 0 saturated carbocycles. The summed E-state index contributed by atoms with van der Waals surface area (Å²) in [6.45, 7) is 0.